The van der Waals surface area contributed by atoms with Crippen molar-refractivity contribution in [1.82, 2.24) is 5.32 Å². The van der Waals surface area contributed by atoms with Crippen LogP contribution in [0.4, 0.5) is 16.2 Å². The summed E-state index contributed by atoms with van der Waals surface area (Å²) in [4.78, 5) is 22.9. The van der Waals surface area contributed by atoms with Gasteiger partial charge in [-0.15, -0.1) is 0 Å². The molecule has 0 heterocycles. The van der Waals surface area contributed by atoms with Gasteiger partial charge in [-0.2, -0.15) is 0 Å². The molecule has 3 N–H and O–H groups in total. The number of carbonyl (C=O) groups is 2. The highest BCUT2D eigenvalue weighted by Gasteiger charge is 2.10. The predicted octanol–water partition coefficient (Wildman–Crippen LogP) is 2.58. The summed E-state index contributed by atoms with van der Waals surface area (Å²) in [7, 11) is 1.29. The molecular formula is C15H23N3O3. The number of nitrogens with one attached hydrogen (secondary N) is 3. The number of rotatable bonds is 5. The summed E-state index contributed by atoms with van der Waals surface area (Å²) in [6, 6.07) is 6.89. The van der Waals surface area contributed by atoms with E-state index in [1.165, 1.54) is 7.11 Å². The lowest BCUT2D eigenvalue weighted by Gasteiger charge is -2.20. The first kappa shape index (κ1) is 17.0. The molecule has 1 aromatic rings. The van der Waals surface area contributed by atoms with Crippen molar-refractivity contribution in [3.63, 3.8) is 0 Å². The molecule has 1 rings (SSSR count). The molecule has 0 bridgehead atoms. The molecule has 0 aliphatic rings. The Balaban J connectivity index is 2.49. The van der Waals surface area contributed by atoms with Gasteiger partial charge in [-0.05, 0) is 39.0 Å². The highest BCUT2D eigenvalue weighted by atomic mass is 16.5. The van der Waals surface area contributed by atoms with Crippen LogP contribution in [0, 0.1) is 0 Å². The zero-order valence-corrected chi connectivity index (χ0v) is 12.9. The first-order chi connectivity index (χ1) is 9.80. The van der Waals surface area contributed by atoms with E-state index in [0.29, 0.717) is 24.3 Å². The molecule has 0 atom stereocenters. The Hall–Kier alpha value is -2.08. The lowest BCUT2D eigenvalue weighted by molar-refractivity contribution is -0.116. The average molecular weight is 293 g/mol. The predicted molar refractivity (Wildman–Crippen MR) is 83.5 cm³/mol. The number of ether oxygens (including phenoxy) is 1. The summed E-state index contributed by atoms with van der Waals surface area (Å²) in [6.07, 6.45) is -0.167. The Labute approximate surface area is 125 Å². The van der Waals surface area contributed by atoms with Crippen molar-refractivity contribution >= 4 is 23.4 Å². The summed E-state index contributed by atoms with van der Waals surface area (Å²) in [5.74, 6) is -0.0815. The van der Waals surface area contributed by atoms with E-state index in [0.717, 1.165) is 0 Å². The molecule has 0 aliphatic heterocycles. The van der Waals surface area contributed by atoms with Crippen molar-refractivity contribution in [3.8, 4) is 0 Å². The highest BCUT2D eigenvalue weighted by molar-refractivity contribution is 5.92. The maximum Gasteiger partial charge on any atom is 0.411 e. The van der Waals surface area contributed by atoms with Crippen molar-refractivity contribution < 1.29 is 14.3 Å². The number of hydrogen-bond donors (Lipinski definition) is 3. The van der Waals surface area contributed by atoms with Crippen LogP contribution in [-0.4, -0.2) is 31.2 Å². The summed E-state index contributed by atoms with van der Waals surface area (Å²) in [5.41, 5.74) is 1.18. The third-order valence-electron chi connectivity index (χ3n) is 2.59. The Morgan fingerprint density at radius 2 is 1.76 bits per heavy atom. The Kier molecular flexibility index (Phi) is 6.17. The average Bonchev–Trinajstić information content (AvgIpc) is 2.37. The molecule has 0 fully saturated rings. The van der Waals surface area contributed by atoms with Crippen LogP contribution in [0.25, 0.3) is 0 Å². The van der Waals surface area contributed by atoms with Gasteiger partial charge >= 0.3 is 6.09 Å². The highest BCUT2D eigenvalue weighted by Crippen LogP contribution is 2.15. The lowest BCUT2D eigenvalue weighted by Crippen LogP contribution is -2.37. The van der Waals surface area contributed by atoms with Crippen molar-refractivity contribution in [1.29, 1.82) is 0 Å². The first-order valence-corrected chi connectivity index (χ1v) is 6.80. The van der Waals surface area contributed by atoms with E-state index in [1.807, 2.05) is 20.8 Å². The molecule has 0 radical (unpaired) electrons. The molecule has 6 heteroatoms. The van der Waals surface area contributed by atoms with Crippen molar-refractivity contribution in [3.05, 3.63) is 24.3 Å². The largest absolute Gasteiger partial charge is 0.453 e. The van der Waals surface area contributed by atoms with E-state index in [2.05, 4.69) is 20.7 Å². The summed E-state index contributed by atoms with van der Waals surface area (Å²) in [6.45, 7) is 6.75. The van der Waals surface area contributed by atoms with Gasteiger partial charge in [0.05, 0.1) is 7.11 Å². The fourth-order valence-corrected chi connectivity index (χ4v) is 1.62. The Morgan fingerprint density at radius 3 is 2.33 bits per heavy atom. The second kappa shape index (κ2) is 7.64. The van der Waals surface area contributed by atoms with E-state index in [1.54, 1.807) is 24.3 Å². The smallest absolute Gasteiger partial charge is 0.411 e. The molecule has 0 spiro atoms. The third kappa shape index (κ3) is 7.31. The zero-order chi connectivity index (χ0) is 15.9. The van der Waals surface area contributed by atoms with Crippen LogP contribution in [0.5, 0.6) is 0 Å². The van der Waals surface area contributed by atoms with Crippen molar-refractivity contribution in [2.75, 3.05) is 24.3 Å². The van der Waals surface area contributed by atoms with Crippen molar-refractivity contribution in [2.24, 2.45) is 0 Å². The Bertz CT molecular complexity index is 495. The molecule has 0 saturated heterocycles. The number of hydrogen-bond acceptors (Lipinski definition) is 4. The van der Waals surface area contributed by atoms with Crippen LogP contribution in [0.15, 0.2) is 24.3 Å². The van der Waals surface area contributed by atoms with Crippen LogP contribution in [0.3, 0.4) is 0 Å². The fourth-order valence-electron chi connectivity index (χ4n) is 1.62. The standard InChI is InChI=1S/C15H23N3O3/c1-15(2,3)16-9-8-13(19)17-11-6-5-7-12(10-11)18-14(20)21-4/h5-7,10,16H,8-9H2,1-4H3,(H,17,19)(H,18,20). The summed E-state index contributed by atoms with van der Waals surface area (Å²) in [5, 5.41) is 8.58. The molecule has 0 saturated carbocycles. The Morgan fingerprint density at radius 1 is 1.14 bits per heavy atom. The van der Waals surface area contributed by atoms with Gasteiger partial charge in [0.2, 0.25) is 5.91 Å². The topological polar surface area (TPSA) is 79.5 Å². The maximum absolute atomic E-state index is 11.8. The second-order valence-corrected chi connectivity index (χ2v) is 5.67. The van der Waals surface area contributed by atoms with Gasteiger partial charge in [-0.1, -0.05) is 6.07 Å². The van der Waals surface area contributed by atoms with E-state index in [4.69, 9.17) is 0 Å². The number of amides is 2. The number of methoxy groups -OCH3 is 1. The van der Waals surface area contributed by atoms with Gasteiger partial charge in [-0.25, -0.2) is 4.79 Å². The minimum Gasteiger partial charge on any atom is -0.453 e. The van der Waals surface area contributed by atoms with E-state index < -0.39 is 6.09 Å². The first-order valence-electron chi connectivity index (χ1n) is 6.80. The zero-order valence-electron chi connectivity index (χ0n) is 12.9. The molecule has 1 aromatic carbocycles. The minimum atomic E-state index is -0.548. The van der Waals surface area contributed by atoms with Gasteiger partial charge in [-0.3, -0.25) is 10.1 Å². The molecule has 0 aliphatic carbocycles. The molecule has 0 unspecified atom stereocenters. The minimum absolute atomic E-state index is 0.00930. The molecule has 6 nitrogen and oxygen atoms in total. The van der Waals surface area contributed by atoms with Gasteiger partial charge < -0.3 is 15.4 Å². The normalized spacial score (nSPS) is 10.9. The van der Waals surface area contributed by atoms with Crippen molar-refractivity contribution in [2.45, 2.75) is 32.7 Å². The van der Waals surface area contributed by atoms with Gasteiger partial charge in [0, 0.05) is 29.9 Å². The molecule has 116 valence electrons. The van der Waals surface area contributed by atoms with Gasteiger partial charge in [0.15, 0.2) is 0 Å². The molecular weight excluding hydrogens is 270 g/mol. The number of benzene rings is 1. The lowest BCUT2D eigenvalue weighted by atomic mass is 10.1. The van der Waals surface area contributed by atoms with Gasteiger partial charge in [0.1, 0.15) is 0 Å². The monoisotopic (exact) mass is 293 g/mol. The van der Waals surface area contributed by atoms with Crippen LogP contribution in [0.1, 0.15) is 27.2 Å². The summed E-state index contributed by atoms with van der Waals surface area (Å²) < 4.78 is 4.51. The summed E-state index contributed by atoms with van der Waals surface area (Å²) >= 11 is 0. The van der Waals surface area contributed by atoms with Crippen LogP contribution in [0.2, 0.25) is 0 Å². The second-order valence-electron chi connectivity index (χ2n) is 5.67. The van der Waals surface area contributed by atoms with Crippen LogP contribution >= 0.6 is 0 Å². The quantitative estimate of drug-likeness (QED) is 0.779. The van der Waals surface area contributed by atoms with Gasteiger partial charge in [0.25, 0.3) is 0 Å². The number of anilines is 2. The molecule has 21 heavy (non-hydrogen) atoms. The third-order valence-corrected chi connectivity index (χ3v) is 2.59. The van der Waals surface area contributed by atoms with E-state index in [-0.39, 0.29) is 11.4 Å². The maximum atomic E-state index is 11.8. The molecule has 0 aromatic heterocycles. The number of carbonyl (C=O) groups excluding carboxylic acids is 2. The van der Waals surface area contributed by atoms with Crippen LogP contribution in [-0.2, 0) is 9.53 Å². The van der Waals surface area contributed by atoms with Crippen LogP contribution < -0.4 is 16.0 Å². The SMILES string of the molecule is COC(=O)Nc1cccc(NC(=O)CCNC(C)(C)C)c1. The van der Waals surface area contributed by atoms with E-state index >= 15 is 0 Å². The fraction of sp³-hybridized carbons (Fsp3) is 0.467. The van der Waals surface area contributed by atoms with E-state index in [9.17, 15) is 9.59 Å². The molecule has 2 amide bonds.